The van der Waals surface area contributed by atoms with Crippen molar-refractivity contribution in [3.05, 3.63) is 53.0 Å². The van der Waals surface area contributed by atoms with Gasteiger partial charge in [0, 0.05) is 41.7 Å². The number of aromatic nitrogens is 1. The summed E-state index contributed by atoms with van der Waals surface area (Å²) in [6.45, 7) is 5.13. The van der Waals surface area contributed by atoms with Crippen LogP contribution in [0.3, 0.4) is 0 Å². The van der Waals surface area contributed by atoms with E-state index in [-0.39, 0.29) is 6.42 Å². The predicted octanol–water partition coefficient (Wildman–Crippen LogP) is 6.02. The van der Waals surface area contributed by atoms with Gasteiger partial charge >= 0.3 is 5.97 Å². The number of rotatable bonds is 12. The average molecular weight is 529 g/mol. The molecule has 1 saturated heterocycles. The molecule has 1 fully saturated rings. The van der Waals surface area contributed by atoms with Crippen molar-refractivity contribution in [2.45, 2.75) is 49.3 Å². The number of piperidine rings is 1. The number of likely N-dealkylation sites (tertiary alicyclic amines) is 1. The molecule has 0 saturated carbocycles. The van der Waals surface area contributed by atoms with Crippen LogP contribution >= 0.6 is 23.1 Å². The molecule has 2 aromatic heterocycles. The SMILES string of the molecule is COc1ccc2nccc(C(O)CC[C@@H]3CCN(CCSc4ccc(C)s4)C[C@@H]3CCC(=O)O)c2c1. The highest BCUT2D eigenvalue weighted by atomic mass is 32.2. The summed E-state index contributed by atoms with van der Waals surface area (Å²) in [6, 6.07) is 12.0. The van der Waals surface area contributed by atoms with Crippen LogP contribution in [0.1, 0.15) is 48.6 Å². The Morgan fingerprint density at radius 3 is 2.86 bits per heavy atom. The number of methoxy groups -OCH3 is 1. The van der Waals surface area contributed by atoms with Crippen LogP contribution < -0.4 is 4.74 Å². The van der Waals surface area contributed by atoms with E-state index in [1.54, 1.807) is 13.3 Å². The van der Waals surface area contributed by atoms with Crippen molar-refractivity contribution < 1.29 is 19.7 Å². The first-order chi connectivity index (χ1) is 17.4. The number of carboxylic acids is 1. The monoisotopic (exact) mass is 528 g/mol. The van der Waals surface area contributed by atoms with Crippen LogP contribution in [0, 0.1) is 18.8 Å². The van der Waals surface area contributed by atoms with Gasteiger partial charge in [-0.2, -0.15) is 0 Å². The van der Waals surface area contributed by atoms with Crippen molar-refractivity contribution in [1.29, 1.82) is 0 Å². The summed E-state index contributed by atoms with van der Waals surface area (Å²) < 4.78 is 6.73. The molecule has 3 atom stereocenters. The van der Waals surface area contributed by atoms with Crippen LogP contribution in [0.25, 0.3) is 10.9 Å². The highest BCUT2D eigenvalue weighted by Gasteiger charge is 2.30. The van der Waals surface area contributed by atoms with Crippen LogP contribution in [-0.4, -0.2) is 58.6 Å². The molecule has 0 amide bonds. The summed E-state index contributed by atoms with van der Waals surface area (Å²) in [6.07, 6.45) is 4.64. The van der Waals surface area contributed by atoms with Gasteiger partial charge in [0.25, 0.3) is 0 Å². The molecule has 0 bridgehead atoms. The first-order valence-electron chi connectivity index (χ1n) is 12.7. The summed E-state index contributed by atoms with van der Waals surface area (Å²) in [5.41, 5.74) is 1.72. The van der Waals surface area contributed by atoms with Gasteiger partial charge in [-0.15, -0.1) is 23.1 Å². The number of hydrogen-bond donors (Lipinski definition) is 2. The molecular formula is C28H36N2O4S2. The molecule has 3 aromatic rings. The molecule has 1 aromatic carbocycles. The molecule has 4 rings (SSSR count). The highest BCUT2D eigenvalue weighted by molar-refractivity contribution is 8.01. The van der Waals surface area contributed by atoms with Gasteiger partial charge in [-0.25, -0.2) is 0 Å². The molecule has 1 aliphatic heterocycles. The zero-order valence-electron chi connectivity index (χ0n) is 21.1. The minimum Gasteiger partial charge on any atom is -0.497 e. The van der Waals surface area contributed by atoms with E-state index >= 15 is 0 Å². The van der Waals surface area contributed by atoms with Gasteiger partial charge in [0.15, 0.2) is 0 Å². The fourth-order valence-electron chi connectivity index (χ4n) is 5.23. The molecule has 0 radical (unpaired) electrons. The number of aliphatic hydroxyl groups excluding tert-OH is 1. The first kappa shape index (κ1) is 26.9. The maximum Gasteiger partial charge on any atom is 0.303 e. The molecule has 3 heterocycles. The lowest BCUT2D eigenvalue weighted by Gasteiger charge is -2.39. The Kier molecular flexibility index (Phi) is 9.65. The maximum atomic E-state index is 11.3. The quantitative estimate of drug-likeness (QED) is 0.278. The van der Waals surface area contributed by atoms with Gasteiger partial charge in [-0.1, -0.05) is 0 Å². The molecule has 1 aliphatic rings. The van der Waals surface area contributed by atoms with Crippen molar-refractivity contribution in [3.63, 3.8) is 0 Å². The van der Waals surface area contributed by atoms with E-state index in [9.17, 15) is 15.0 Å². The third-order valence-corrected chi connectivity index (χ3v) is 9.43. The zero-order valence-corrected chi connectivity index (χ0v) is 22.7. The lowest BCUT2D eigenvalue weighted by Crippen LogP contribution is -2.41. The third kappa shape index (κ3) is 7.22. The minimum atomic E-state index is -0.730. The second kappa shape index (κ2) is 12.9. The normalized spacial score (nSPS) is 19.4. The topological polar surface area (TPSA) is 82.9 Å². The lowest BCUT2D eigenvalue weighted by molar-refractivity contribution is -0.137. The van der Waals surface area contributed by atoms with E-state index in [2.05, 4.69) is 28.9 Å². The Bertz CT molecular complexity index is 1150. The Morgan fingerprint density at radius 2 is 2.11 bits per heavy atom. The molecule has 0 spiro atoms. The van der Waals surface area contributed by atoms with Gasteiger partial charge in [-0.05, 0) is 92.9 Å². The number of pyridine rings is 1. The molecule has 36 heavy (non-hydrogen) atoms. The number of benzene rings is 1. The summed E-state index contributed by atoms with van der Waals surface area (Å²) in [5.74, 6) is 1.83. The van der Waals surface area contributed by atoms with Crippen molar-refractivity contribution >= 4 is 40.0 Å². The molecule has 8 heteroatoms. The second-order valence-corrected chi connectivity index (χ2v) is 12.3. The number of carbonyl (C=O) groups is 1. The number of aliphatic carboxylic acids is 1. The van der Waals surface area contributed by atoms with Crippen LogP contribution in [-0.2, 0) is 4.79 Å². The largest absolute Gasteiger partial charge is 0.497 e. The fraction of sp³-hybridized carbons (Fsp3) is 0.500. The van der Waals surface area contributed by atoms with Gasteiger partial charge in [-0.3, -0.25) is 9.78 Å². The van der Waals surface area contributed by atoms with Crippen LogP contribution in [0.5, 0.6) is 5.75 Å². The van der Waals surface area contributed by atoms with Crippen molar-refractivity contribution in [3.8, 4) is 5.75 Å². The predicted molar refractivity (Wildman–Crippen MR) is 147 cm³/mol. The Morgan fingerprint density at radius 1 is 1.25 bits per heavy atom. The second-order valence-electron chi connectivity index (χ2n) is 9.63. The van der Waals surface area contributed by atoms with Gasteiger partial charge in [0.1, 0.15) is 5.75 Å². The van der Waals surface area contributed by atoms with E-state index in [1.165, 1.54) is 9.09 Å². The van der Waals surface area contributed by atoms with Crippen LogP contribution in [0.15, 0.2) is 46.8 Å². The number of nitrogens with zero attached hydrogens (tertiary/aromatic N) is 2. The Labute approximate surface area is 221 Å². The zero-order chi connectivity index (χ0) is 25.5. The van der Waals surface area contributed by atoms with Crippen LogP contribution in [0.2, 0.25) is 0 Å². The van der Waals surface area contributed by atoms with Crippen LogP contribution in [0.4, 0.5) is 0 Å². The van der Waals surface area contributed by atoms with E-state index in [0.717, 1.165) is 60.4 Å². The number of thiophene rings is 1. The Balaban J connectivity index is 1.35. The first-order valence-corrected chi connectivity index (χ1v) is 14.5. The standard InChI is InChI=1S/C28H36N2O4S2/c1-19-3-10-28(36-19)35-16-15-30-14-12-20(21(18-30)5-9-27(32)33)4-8-26(31)23-11-13-29-25-7-6-22(34-2)17-24(23)25/h3,6-7,10-11,13,17,20-21,26,31H,4-5,8-9,12,14-16,18H2,1-2H3,(H,32,33)/t20-,21+,26?/m1/s1. The number of aryl methyl sites for hydroxylation is 1. The number of carboxylic acid groups (broad SMARTS) is 1. The molecule has 0 aliphatic carbocycles. The molecule has 1 unspecified atom stereocenters. The summed E-state index contributed by atoms with van der Waals surface area (Å²) >= 11 is 3.75. The fourth-order valence-corrected chi connectivity index (χ4v) is 7.42. The smallest absolute Gasteiger partial charge is 0.303 e. The van der Waals surface area contributed by atoms with Crippen molar-refractivity contribution in [2.24, 2.45) is 11.8 Å². The number of fused-ring (bicyclic) bond motifs is 1. The summed E-state index contributed by atoms with van der Waals surface area (Å²) in [7, 11) is 1.64. The van der Waals surface area contributed by atoms with E-state index in [0.29, 0.717) is 24.7 Å². The van der Waals surface area contributed by atoms with Crippen molar-refractivity contribution in [1.82, 2.24) is 9.88 Å². The summed E-state index contributed by atoms with van der Waals surface area (Å²) in [4.78, 5) is 19.6. The number of hydrogen-bond acceptors (Lipinski definition) is 7. The molecule has 2 N–H and O–H groups in total. The van der Waals surface area contributed by atoms with Crippen molar-refractivity contribution in [2.75, 3.05) is 32.5 Å². The van der Waals surface area contributed by atoms with E-state index in [1.807, 2.05) is 47.4 Å². The van der Waals surface area contributed by atoms with E-state index < -0.39 is 12.1 Å². The maximum absolute atomic E-state index is 11.3. The number of thioether (sulfide) groups is 1. The average Bonchev–Trinajstić information content (AvgIpc) is 3.30. The van der Waals surface area contributed by atoms with E-state index in [4.69, 9.17) is 4.74 Å². The van der Waals surface area contributed by atoms with Gasteiger partial charge < -0.3 is 19.8 Å². The van der Waals surface area contributed by atoms with Gasteiger partial charge in [0.05, 0.1) is 22.9 Å². The third-order valence-electron chi connectivity index (χ3n) is 7.22. The highest BCUT2D eigenvalue weighted by Crippen LogP contribution is 2.35. The molecule has 6 nitrogen and oxygen atoms in total. The van der Waals surface area contributed by atoms with Gasteiger partial charge in [0.2, 0.25) is 0 Å². The number of ether oxygens (including phenoxy) is 1. The summed E-state index contributed by atoms with van der Waals surface area (Å²) in [5, 5.41) is 21.3. The minimum absolute atomic E-state index is 0.204. The molecular weight excluding hydrogens is 492 g/mol. The number of aliphatic hydroxyl groups is 1. The lowest BCUT2D eigenvalue weighted by atomic mass is 9.79. The molecule has 194 valence electrons. The Hall–Kier alpha value is -2.13.